The zero-order chi connectivity index (χ0) is 14.4. The molecule has 0 bridgehead atoms. The first kappa shape index (κ1) is 15.3. The van der Waals surface area contributed by atoms with E-state index in [-0.39, 0.29) is 6.04 Å². The molecule has 0 radical (unpaired) electrons. The number of benzene rings is 1. The second-order valence-corrected chi connectivity index (χ2v) is 5.34. The van der Waals surface area contributed by atoms with Crippen LogP contribution in [0.3, 0.4) is 0 Å². The van der Waals surface area contributed by atoms with Gasteiger partial charge in [-0.3, -0.25) is 0 Å². The van der Waals surface area contributed by atoms with Gasteiger partial charge >= 0.3 is 0 Å². The van der Waals surface area contributed by atoms with Crippen LogP contribution in [-0.2, 0) is 11.2 Å². The van der Waals surface area contributed by atoms with Crippen LogP contribution in [0.1, 0.15) is 29.7 Å². The maximum atomic E-state index is 5.35. The Kier molecular flexibility index (Phi) is 5.83. The predicted molar refractivity (Wildman–Crippen MR) is 83.9 cm³/mol. The molecule has 1 heterocycles. The SMILES string of the molecule is CCNC(c1ccc(CCOC)cc1)c1ccoc1Br. The second-order valence-electron chi connectivity index (χ2n) is 4.62. The molecule has 0 amide bonds. The summed E-state index contributed by atoms with van der Waals surface area (Å²) in [5.74, 6) is 0. The van der Waals surface area contributed by atoms with Gasteiger partial charge in [-0.2, -0.15) is 0 Å². The fraction of sp³-hybridized carbons (Fsp3) is 0.375. The standard InChI is InChI=1S/C16H20BrNO2/c1-3-18-15(14-9-11-20-16(14)17)13-6-4-12(5-7-13)8-10-19-2/h4-7,9,11,15,18H,3,8,10H2,1-2H3. The summed E-state index contributed by atoms with van der Waals surface area (Å²) < 4.78 is 11.2. The van der Waals surface area contributed by atoms with Crippen molar-refractivity contribution in [1.82, 2.24) is 5.32 Å². The Bertz CT molecular complexity index is 522. The van der Waals surface area contributed by atoms with Gasteiger partial charge in [0, 0.05) is 12.7 Å². The lowest BCUT2D eigenvalue weighted by atomic mass is 9.99. The first-order chi connectivity index (χ1) is 9.76. The highest BCUT2D eigenvalue weighted by molar-refractivity contribution is 9.10. The van der Waals surface area contributed by atoms with Gasteiger partial charge in [-0.05, 0) is 46.1 Å². The van der Waals surface area contributed by atoms with Crippen LogP contribution in [0, 0.1) is 0 Å². The van der Waals surface area contributed by atoms with E-state index in [9.17, 15) is 0 Å². The maximum absolute atomic E-state index is 5.35. The molecule has 20 heavy (non-hydrogen) atoms. The molecular formula is C16H20BrNO2. The van der Waals surface area contributed by atoms with Crippen molar-refractivity contribution in [1.29, 1.82) is 0 Å². The number of hydrogen-bond donors (Lipinski definition) is 1. The van der Waals surface area contributed by atoms with Crippen LogP contribution >= 0.6 is 15.9 Å². The third kappa shape index (κ3) is 3.72. The molecular weight excluding hydrogens is 318 g/mol. The first-order valence-corrected chi connectivity index (χ1v) is 7.59. The number of halogens is 1. The molecule has 0 aliphatic heterocycles. The number of nitrogens with one attached hydrogen (secondary N) is 1. The fourth-order valence-electron chi connectivity index (χ4n) is 2.22. The van der Waals surface area contributed by atoms with E-state index in [0.717, 1.165) is 29.8 Å². The second kappa shape index (κ2) is 7.62. The number of furan rings is 1. The van der Waals surface area contributed by atoms with E-state index in [2.05, 4.69) is 52.4 Å². The molecule has 0 saturated carbocycles. The van der Waals surface area contributed by atoms with Crippen molar-refractivity contribution in [2.24, 2.45) is 0 Å². The summed E-state index contributed by atoms with van der Waals surface area (Å²) in [7, 11) is 1.73. The van der Waals surface area contributed by atoms with Crippen LogP contribution in [0.15, 0.2) is 45.7 Å². The van der Waals surface area contributed by atoms with E-state index in [0.29, 0.717) is 0 Å². The third-order valence-corrected chi connectivity index (χ3v) is 3.92. The first-order valence-electron chi connectivity index (χ1n) is 6.80. The van der Waals surface area contributed by atoms with Crippen molar-refractivity contribution in [2.45, 2.75) is 19.4 Å². The van der Waals surface area contributed by atoms with Crippen LogP contribution in [0.2, 0.25) is 0 Å². The average Bonchev–Trinajstić information content (AvgIpc) is 2.89. The molecule has 2 aromatic rings. The van der Waals surface area contributed by atoms with Crippen LogP contribution in [-0.4, -0.2) is 20.3 Å². The van der Waals surface area contributed by atoms with Gasteiger partial charge in [0.1, 0.15) is 0 Å². The summed E-state index contributed by atoms with van der Waals surface area (Å²) in [5, 5.41) is 3.49. The van der Waals surface area contributed by atoms with Crippen molar-refractivity contribution < 1.29 is 9.15 Å². The molecule has 0 fully saturated rings. The molecule has 4 heteroatoms. The van der Waals surface area contributed by atoms with Crippen LogP contribution < -0.4 is 5.32 Å². The average molecular weight is 338 g/mol. The van der Waals surface area contributed by atoms with Gasteiger partial charge in [-0.15, -0.1) is 0 Å². The molecule has 2 rings (SSSR count). The lowest BCUT2D eigenvalue weighted by Crippen LogP contribution is -2.21. The fourth-order valence-corrected chi connectivity index (χ4v) is 2.69. The Morgan fingerprint density at radius 1 is 1.25 bits per heavy atom. The van der Waals surface area contributed by atoms with E-state index < -0.39 is 0 Å². The largest absolute Gasteiger partial charge is 0.457 e. The molecule has 1 atom stereocenters. The summed E-state index contributed by atoms with van der Waals surface area (Å²) in [5.41, 5.74) is 3.64. The van der Waals surface area contributed by atoms with E-state index in [4.69, 9.17) is 9.15 Å². The maximum Gasteiger partial charge on any atom is 0.174 e. The van der Waals surface area contributed by atoms with E-state index in [1.54, 1.807) is 13.4 Å². The van der Waals surface area contributed by atoms with E-state index >= 15 is 0 Å². The predicted octanol–water partition coefficient (Wildman–Crippen LogP) is 3.93. The Morgan fingerprint density at radius 2 is 2.00 bits per heavy atom. The summed E-state index contributed by atoms with van der Waals surface area (Å²) >= 11 is 3.46. The van der Waals surface area contributed by atoms with Crippen LogP contribution in [0.25, 0.3) is 0 Å². The summed E-state index contributed by atoms with van der Waals surface area (Å²) in [6.07, 6.45) is 2.65. The molecule has 0 saturated heterocycles. The summed E-state index contributed by atoms with van der Waals surface area (Å²) in [4.78, 5) is 0. The highest BCUT2D eigenvalue weighted by Crippen LogP contribution is 2.29. The van der Waals surface area contributed by atoms with Gasteiger partial charge < -0.3 is 14.5 Å². The van der Waals surface area contributed by atoms with Crippen molar-refractivity contribution in [3.05, 3.63) is 58.0 Å². The molecule has 1 unspecified atom stereocenters. The summed E-state index contributed by atoms with van der Waals surface area (Å²) in [6, 6.07) is 10.8. The molecule has 0 spiro atoms. The Labute approximate surface area is 128 Å². The highest BCUT2D eigenvalue weighted by atomic mass is 79.9. The molecule has 1 aromatic carbocycles. The number of methoxy groups -OCH3 is 1. The van der Waals surface area contributed by atoms with Gasteiger partial charge in [-0.25, -0.2) is 0 Å². The third-order valence-electron chi connectivity index (χ3n) is 3.27. The monoisotopic (exact) mass is 337 g/mol. The minimum absolute atomic E-state index is 0.143. The van der Waals surface area contributed by atoms with Crippen molar-refractivity contribution in [3.8, 4) is 0 Å². The lowest BCUT2D eigenvalue weighted by molar-refractivity contribution is 0.202. The molecule has 0 aliphatic carbocycles. The quantitative estimate of drug-likeness (QED) is 0.831. The number of hydrogen-bond acceptors (Lipinski definition) is 3. The minimum atomic E-state index is 0.143. The number of ether oxygens (including phenoxy) is 1. The van der Waals surface area contributed by atoms with Gasteiger partial charge in [0.05, 0.1) is 18.9 Å². The van der Waals surface area contributed by atoms with Gasteiger partial charge in [-0.1, -0.05) is 31.2 Å². The van der Waals surface area contributed by atoms with Gasteiger partial charge in [0.2, 0.25) is 0 Å². The molecule has 0 aliphatic rings. The van der Waals surface area contributed by atoms with E-state index in [1.165, 1.54) is 11.1 Å². The van der Waals surface area contributed by atoms with Crippen LogP contribution in [0.5, 0.6) is 0 Å². The lowest BCUT2D eigenvalue weighted by Gasteiger charge is -2.18. The van der Waals surface area contributed by atoms with Crippen LogP contribution in [0.4, 0.5) is 0 Å². The topological polar surface area (TPSA) is 34.4 Å². The zero-order valence-corrected chi connectivity index (χ0v) is 13.4. The normalized spacial score (nSPS) is 12.6. The Morgan fingerprint density at radius 3 is 2.55 bits per heavy atom. The molecule has 3 nitrogen and oxygen atoms in total. The Hall–Kier alpha value is -1.10. The van der Waals surface area contributed by atoms with Crippen molar-refractivity contribution in [3.63, 3.8) is 0 Å². The van der Waals surface area contributed by atoms with Gasteiger partial charge in [0.25, 0.3) is 0 Å². The number of rotatable bonds is 7. The van der Waals surface area contributed by atoms with Gasteiger partial charge in [0.15, 0.2) is 4.67 Å². The zero-order valence-electron chi connectivity index (χ0n) is 11.9. The summed E-state index contributed by atoms with van der Waals surface area (Å²) in [6.45, 7) is 3.75. The molecule has 108 valence electrons. The Balaban J connectivity index is 2.19. The van der Waals surface area contributed by atoms with Crippen molar-refractivity contribution >= 4 is 15.9 Å². The highest BCUT2D eigenvalue weighted by Gasteiger charge is 2.17. The minimum Gasteiger partial charge on any atom is -0.457 e. The van der Waals surface area contributed by atoms with Crippen molar-refractivity contribution in [2.75, 3.05) is 20.3 Å². The molecule has 1 aromatic heterocycles. The van der Waals surface area contributed by atoms with E-state index in [1.807, 2.05) is 6.07 Å². The smallest absolute Gasteiger partial charge is 0.174 e. The molecule has 1 N–H and O–H groups in total.